The molecule has 1 aromatic carbocycles. The van der Waals surface area contributed by atoms with Crippen LogP contribution in [0.4, 0.5) is 5.69 Å². The molecule has 0 aliphatic carbocycles. The molecule has 1 saturated heterocycles. The Balaban J connectivity index is 0.00000240. The van der Waals surface area contributed by atoms with Crippen LogP contribution in [-0.4, -0.2) is 58.8 Å². The van der Waals surface area contributed by atoms with E-state index < -0.39 is 0 Å². The molecular formula is C21H30IN7. The Morgan fingerprint density at radius 2 is 1.90 bits per heavy atom. The number of aromatic nitrogens is 3. The van der Waals surface area contributed by atoms with E-state index in [0.717, 1.165) is 57.3 Å². The minimum absolute atomic E-state index is 0. The second kappa shape index (κ2) is 10.6. The molecule has 0 spiro atoms. The van der Waals surface area contributed by atoms with Gasteiger partial charge >= 0.3 is 0 Å². The molecule has 8 heteroatoms. The van der Waals surface area contributed by atoms with E-state index in [1.807, 2.05) is 0 Å². The Morgan fingerprint density at radius 3 is 2.52 bits per heavy atom. The van der Waals surface area contributed by atoms with Gasteiger partial charge in [-0.3, -0.25) is 5.10 Å². The van der Waals surface area contributed by atoms with Gasteiger partial charge in [0.1, 0.15) is 12.2 Å². The van der Waals surface area contributed by atoms with Crippen LogP contribution < -0.4 is 10.2 Å². The second-order valence-electron chi connectivity index (χ2n) is 7.35. The van der Waals surface area contributed by atoms with Crippen LogP contribution in [0.1, 0.15) is 37.1 Å². The number of guanidine groups is 1. The van der Waals surface area contributed by atoms with E-state index >= 15 is 0 Å². The summed E-state index contributed by atoms with van der Waals surface area (Å²) < 4.78 is 0. The maximum Gasteiger partial charge on any atom is 0.194 e. The number of rotatable bonds is 5. The molecule has 0 saturated carbocycles. The highest BCUT2D eigenvalue weighted by Crippen LogP contribution is 2.25. The topological polar surface area (TPSA) is 72.4 Å². The van der Waals surface area contributed by atoms with Crippen molar-refractivity contribution in [3.8, 4) is 0 Å². The third-order valence-electron chi connectivity index (χ3n) is 5.48. The van der Waals surface area contributed by atoms with E-state index in [2.05, 4.69) is 73.6 Å². The Morgan fingerprint density at radius 1 is 1.17 bits per heavy atom. The fourth-order valence-electron chi connectivity index (χ4n) is 3.87. The summed E-state index contributed by atoms with van der Waals surface area (Å²) in [4.78, 5) is 13.9. The van der Waals surface area contributed by atoms with Crippen molar-refractivity contribution in [1.82, 2.24) is 25.4 Å². The van der Waals surface area contributed by atoms with Gasteiger partial charge in [-0.15, -0.1) is 24.0 Å². The van der Waals surface area contributed by atoms with Gasteiger partial charge in [0.05, 0.1) is 6.54 Å². The molecule has 29 heavy (non-hydrogen) atoms. The fourth-order valence-corrected chi connectivity index (χ4v) is 3.87. The van der Waals surface area contributed by atoms with Crippen molar-refractivity contribution in [2.45, 2.75) is 32.2 Å². The largest absolute Gasteiger partial charge is 0.364 e. The molecule has 1 aromatic heterocycles. The van der Waals surface area contributed by atoms with Crippen LogP contribution >= 0.6 is 24.0 Å². The number of aromatic amines is 1. The van der Waals surface area contributed by atoms with Gasteiger partial charge < -0.3 is 15.1 Å². The minimum atomic E-state index is 0. The Bertz CT molecular complexity index is 785. The predicted octanol–water partition coefficient (Wildman–Crippen LogP) is 3.14. The van der Waals surface area contributed by atoms with Gasteiger partial charge in [-0.25, -0.2) is 9.98 Å². The fraction of sp³-hybridized carbons (Fsp3) is 0.476. The summed E-state index contributed by atoms with van der Waals surface area (Å²) in [6.45, 7) is 7.68. The lowest BCUT2D eigenvalue weighted by molar-refractivity contribution is 0.299. The van der Waals surface area contributed by atoms with E-state index in [4.69, 9.17) is 4.99 Å². The van der Waals surface area contributed by atoms with Gasteiger partial charge in [-0.1, -0.05) is 24.3 Å². The number of anilines is 1. The minimum Gasteiger partial charge on any atom is -0.364 e. The van der Waals surface area contributed by atoms with Crippen LogP contribution in [0, 0.1) is 0 Å². The highest BCUT2D eigenvalue weighted by molar-refractivity contribution is 14.0. The van der Waals surface area contributed by atoms with Gasteiger partial charge in [0, 0.05) is 44.3 Å². The van der Waals surface area contributed by atoms with E-state index in [0.29, 0.717) is 12.5 Å². The molecule has 1 fully saturated rings. The third-order valence-corrected chi connectivity index (χ3v) is 5.48. The lowest BCUT2D eigenvalue weighted by Crippen LogP contribution is -2.45. The lowest BCUT2D eigenvalue weighted by Gasteiger charge is -2.33. The number of hydrogen-bond donors (Lipinski definition) is 2. The standard InChI is InChI=1S/C21H29N7.HI/c1-2-22-21(28-13-9-18(10-14-28)20-24-16-25-26-20)23-15-17-5-7-19(8-6-17)27-11-3-4-12-27;/h3-8,16,18H,2,9-15H2,1H3,(H,22,23)(H,24,25,26);1H. The molecule has 2 aliphatic rings. The maximum absolute atomic E-state index is 4.89. The number of H-pyrrole nitrogens is 1. The zero-order valence-corrected chi connectivity index (χ0v) is 19.3. The Labute approximate surface area is 189 Å². The van der Waals surface area contributed by atoms with Crippen molar-refractivity contribution in [2.24, 2.45) is 4.99 Å². The first kappa shape index (κ1) is 21.6. The van der Waals surface area contributed by atoms with Crippen molar-refractivity contribution in [1.29, 1.82) is 0 Å². The number of nitrogens with zero attached hydrogens (tertiary/aromatic N) is 5. The molecule has 2 N–H and O–H groups in total. The lowest BCUT2D eigenvalue weighted by atomic mass is 9.96. The highest BCUT2D eigenvalue weighted by Gasteiger charge is 2.24. The number of aliphatic imine (C=N–C) groups is 1. The van der Waals surface area contributed by atoms with Gasteiger partial charge in [0.15, 0.2) is 5.96 Å². The van der Waals surface area contributed by atoms with E-state index in [-0.39, 0.29) is 24.0 Å². The van der Waals surface area contributed by atoms with E-state index in [1.165, 1.54) is 11.3 Å². The molecule has 4 rings (SSSR count). The maximum atomic E-state index is 4.89. The van der Waals surface area contributed by atoms with Crippen LogP contribution in [0.3, 0.4) is 0 Å². The van der Waals surface area contributed by atoms with Crippen LogP contribution in [0.5, 0.6) is 0 Å². The molecule has 2 aromatic rings. The summed E-state index contributed by atoms with van der Waals surface area (Å²) in [5.41, 5.74) is 2.52. The zero-order valence-electron chi connectivity index (χ0n) is 16.9. The van der Waals surface area contributed by atoms with E-state index in [1.54, 1.807) is 6.33 Å². The molecule has 156 valence electrons. The van der Waals surface area contributed by atoms with Gasteiger partial charge in [-0.05, 0) is 37.5 Å². The first-order valence-electron chi connectivity index (χ1n) is 10.2. The normalized spacial score (nSPS) is 17.5. The van der Waals surface area contributed by atoms with Crippen molar-refractivity contribution < 1.29 is 0 Å². The summed E-state index contributed by atoms with van der Waals surface area (Å²) in [5.74, 6) is 2.48. The van der Waals surface area contributed by atoms with Crippen LogP contribution in [0.2, 0.25) is 0 Å². The Hall–Kier alpha value is -2.10. The monoisotopic (exact) mass is 507 g/mol. The van der Waals surface area contributed by atoms with Gasteiger partial charge in [-0.2, -0.15) is 5.10 Å². The molecule has 3 heterocycles. The molecule has 2 aliphatic heterocycles. The summed E-state index contributed by atoms with van der Waals surface area (Å²) in [7, 11) is 0. The van der Waals surface area contributed by atoms with Crippen molar-refractivity contribution >= 4 is 35.6 Å². The third kappa shape index (κ3) is 5.49. The number of hydrogen-bond acceptors (Lipinski definition) is 4. The smallest absolute Gasteiger partial charge is 0.194 e. The SMILES string of the molecule is CCNC(=NCc1ccc(N2CC=CC2)cc1)N1CCC(c2ncn[nH]2)CC1.I. The Kier molecular flexibility index (Phi) is 7.91. The molecule has 0 unspecified atom stereocenters. The molecule has 7 nitrogen and oxygen atoms in total. The summed E-state index contributed by atoms with van der Waals surface area (Å²) in [6.07, 6.45) is 8.16. The number of likely N-dealkylation sites (tertiary alicyclic amines) is 1. The summed E-state index contributed by atoms with van der Waals surface area (Å²) in [5, 5.41) is 10.4. The number of benzene rings is 1. The number of nitrogens with one attached hydrogen (secondary N) is 2. The summed E-state index contributed by atoms with van der Waals surface area (Å²) >= 11 is 0. The molecular weight excluding hydrogens is 477 g/mol. The van der Waals surface area contributed by atoms with E-state index in [9.17, 15) is 0 Å². The summed E-state index contributed by atoms with van der Waals surface area (Å²) in [6, 6.07) is 8.79. The predicted molar refractivity (Wildman–Crippen MR) is 128 cm³/mol. The average Bonchev–Trinajstić information content (AvgIpc) is 3.46. The highest BCUT2D eigenvalue weighted by atomic mass is 127. The van der Waals surface area contributed by atoms with Crippen LogP contribution in [-0.2, 0) is 6.54 Å². The molecule has 0 atom stereocenters. The van der Waals surface area contributed by atoms with Gasteiger partial charge in [0.2, 0.25) is 0 Å². The molecule has 0 amide bonds. The second-order valence-corrected chi connectivity index (χ2v) is 7.35. The zero-order chi connectivity index (χ0) is 19.2. The van der Waals surface area contributed by atoms with Crippen LogP contribution in [0.15, 0.2) is 47.7 Å². The first-order valence-corrected chi connectivity index (χ1v) is 10.2. The van der Waals surface area contributed by atoms with Gasteiger partial charge in [0.25, 0.3) is 0 Å². The number of halogens is 1. The van der Waals surface area contributed by atoms with Crippen molar-refractivity contribution in [2.75, 3.05) is 37.6 Å². The molecule has 0 radical (unpaired) electrons. The van der Waals surface area contributed by atoms with Crippen LogP contribution in [0.25, 0.3) is 0 Å². The quantitative estimate of drug-likeness (QED) is 0.282. The van der Waals surface area contributed by atoms with Crippen molar-refractivity contribution in [3.05, 3.63) is 54.1 Å². The first-order chi connectivity index (χ1) is 13.8. The number of piperidine rings is 1. The average molecular weight is 507 g/mol. The molecule has 0 bridgehead atoms. The van der Waals surface area contributed by atoms with Crippen molar-refractivity contribution in [3.63, 3.8) is 0 Å².